The molecule has 0 spiro atoms. The zero-order chi connectivity index (χ0) is 8.43. The average molecular weight is 158 g/mol. The van der Waals surface area contributed by atoms with Gasteiger partial charge in [-0.1, -0.05) is 0 Å². The minimum atomic E-state index is -1.29. The Labute approximate surface area is 62.3 Å². The van der Waals surface area contributed by atoms with Gasteiger partial charge in [0, 0.05) is 6.54 Å². The minimum absolute atomic E-state index is 0.332. The van der Waals surface area contributed by atoms with Crippen LogP contribution in [0.2, 0.25) is 0 Å². The Bertz CT molecular complexity index is 282. The highest BCUT2D eigenvalue weighted by Crippen LogP contribution is 2.05. The van der Waals surface area contributed by atoms with E-state index in [9.17, 15) is 9.18 Å². The average Bonchev–Trinajstić information content (AvgIpc) is 2.30. The van der Waals surface area contributed by atoms with Crippen molar-refractivity contribution in [1.29, 1.82) is 0 Å². The quantitative estimate of drug-likeness (QED) is 0.690. The first-order valence-electron chi connectivity index (χ1n) is 3.11. The lowest BCUT2D eigenvalue weighted by molar-refractivity contribution is 0.0691. The first kappa shape index (κ1) is 7.71. The second-order valence-corrected chi connectivity index (χ2v) is 1.97. The molecule has 0 atom stereocenters. The molecule has 1 heterocycles. The van der Waals surface area contributed by atoms with Gasteiger partial charge in [-0.05, 0) is 6.92 Å². The Morgan fingerprint density at radius 1 is 1.91 bits per heavy atom. The van der Waals surface area contributed by atoms with E-state index in [1.807, 2.05) is 0 Å². The number of carboxylic acids is 1. The van der Waals surface area contributed by atoms with E-state index in [4.69, 9.17) is 5.11 Å². The van der Waals surface area contributed by atoms with Gasteiger partial charge in [0.1, 0.15) is 5.56 Å². The van der Waals surface area contributed by atoms with Gasteiger partial charge in [-0.25, -0.2) is 9.48 Å². The van der Waals surface area contributed by atoms with Crippen LogP contribution in [0, 0.1) is 5.95 Å². The van der Waals surface area contributed by atoms with E-state index in [1.165, 1.54) is 0 Å². The predicted molar refractivity (Wildman–Crippen MR) is 34.8 cm³/mol. The van der Waals surface area contributed by atoms with Crippen molar-refractivity contribution >= 4 is 5.97 Å². The van der Waals surface area contributed by atoms with Crippen molar-refractivity contribution in [3.63, 3.8) is 0 Å². The molecule has 4 nitrogen and oxygen atoms in total. The highest BCUT2D eigenvalue weighted by molar-refractivity contribution is 5.87. The number of rotatable bonds is 2. The second kappa shape index (κ2) is 2.69. The third kappa shape index (κ3) is 1.21. The molecule has 0 aliphatic carbocycles. The SMILES string of the molecule is CCn1ncc(C(=O)O)c1F. The molecule has 0 aliphatic heterocycles. The van der Waals surface area contributed by atoms with Gasteiger partial charge in [-0.2, -0.15) is 9.49 Å². The Hall–Kier alpha value is -1.39. The molecular weight excluding hydrogens is 151 g/mol. The van der Waals surface area contributed by atoms with Crippen molar-refractivity contribution in [2.75, 3.05) is 0 Å². The number of aryl methyl sites for hydroxylation is 1. The Kier molecular flexibility index (Phi) is 1.89. The Balaban J connectivity index is 3.10. The van der Waals surface area contributed by atoms with E-state index in [-0.39, 0.29) is 5.56 Å². The molecule has 11 heavy (non-hydrogen) atoms. The maximum absolute atomic E-state index is 12.8. The molecule has 0 aliphatic rings. The van der Waals surface area contributed by atoms with E-state index in [0.717, 1.165) is 10.9 Å². The topological polar surface area (TPSA) is 55.1 Å². The molecule has 0 aromatic carbocycles. The van der Waals surface area contributed by atoms with Crippen molar-refractivity contribution in [3.05, 3.63) is 17.7 Å². The van der Waals surface area contributed by atoms with E-state index in [1.54, 1.807) is 6.92 Å². The third-order valence-corrected chi connectivity index (χ3v) is 1.31. The van der Waals surface area contributed by atoms with Gasteiger partial charge in [0.05, 0.1) is 6.20 Å². The summed E-state index contributed by atoms with van der Waals surface area (Å²) < 4.78 is 13.8. The monoisotopic (exact) mass is 158 g/mol. The summed E-state index contributed by atoms with van der Waals surface area (Å²) in [6, 6.07) is 0. The molecule has 1 N–H and O–H groups in total. The summed E-state index contributed by atoms with van der Waals surface area (Å²) in [5.41, 5.74) is -0.383. The molecule has 5 heteroatoms. The van der Waals surface area contributed by atoms with Crippen molar-refractivity contribution in [3.8, 4) is 0 Å². The van der Waals surface area contributed by atoms with Crippen LogP contribution in [0.15, 0.2) is 6.20 Å². The van der Waals surface area contributed by atoms with E-state index < -0.39 is 11.9 Å². The molecule has 0 unspecified atom stereocenters. The van der Waals surface area contributed by atoms with Gasteiger partial charge in [0.25, 0.3) is 0 Å². The van der Waals surface area contributed by atoms with Crippen LogP contribution in [0.5, 0.6) is 0 Å². The summed E-state index contributed by atoms with van der Waals surface area (Å²) in [6.07, 6.45) is 1.00. The second-order valence-electron chi connectivity index (χ2n) is 1.97. The lowest BCUT2D eigenvalue weighted by atomic mass is 10.4. The van der Waals surface area contributed by atoms with Crippen LogP contribution < -0.4 is 0 Å². The first-order valence-corrected chi connectivity index (χ1v) is 3.11. The fraction of sp³-hybridized carbons (Fsp3) is 0.333. The lowest BCUT2D eigenvalue weighted by Crippen LogP contribution is -2.03. The number of carbonyl (C=O) groups is 1. The number of carboxylic acid groups (broad SMARTS) is 1. The fourth-order valence-electron chi connectivity index (χ4n) is 0.734. The molecule has 1 rings (SSSR count). The zero-order valence-electron chi connectivity index (χ0n) is 5.91. The van der Waals surface area contributed by atoms with Crippen molar-refractivity contribution in [2.45, 2.75) is 13.5 Å². The number of hydrogen-bond donors (Lipinski definition) is 1. The van der Waals surface area contributed by atoms with Gasteiger partial charge in [0.15, 0.2) is 0 Å². The largest absolute Gasteiger partial charge is 0.477 e. The van der Waals surface area contributed by atoms with Crippen LogP contribution in [0.4, 0.5) is 4.39 Å². The van der Waals surface area contributed by atoms with Crippen molar-refractivity contribution < 1.29 is 14.3 Å². The molecule has 0 radical (unpaired) electrons. The summed E-state index contributed by atoms with van der Waals surface area (Å²) >= 11 is 0. The summed E-state index contributed by atoms with van der Waals surface area (Å²) in [4.78, 5) is 10.3. The van der Waals surface area contributed by atoms with Gasteiger partial charge in [0.2, 0.25) is 5.95 Å². The summed E-state index contributed by atoms with van der Waals surface area (Å²) in [7, 11) is 0. The van der Waals surface area contributed by atoms with Crippen LogP contribution in [0.1, 0.15) is 17.3 Å². The van der Waals surface area contributed by atoms with E-state index in [2.05, 4.69) is 5.10 Å². The molecule has 0 saturated heterocycles. The molecule has 0 fully saturated rings. The van der Waals surface area contributed by atoms with E-state index >= 15 is 0 Å². The van der Waals surface area contributed by atoms with Crippen molar-refractivity contribution in [2.24, 2.45) is 0 Å². The van der Waals surface area contributed by atoms with Crippen molar-refractivity contribution in [1.82, 2.24) is 9.78 Å². The van der Waals surface area contributed by atoms with Crippen LogP contribution in [0.3, 0.4) is 0 Å². The Morgan fingerprint density at radius 2 is 2.55 bits per heavy atom. The van der Waals surface area contributed by atoms with Gasteiger partial charge < -0.3 is 5.11 Å². The number of halogens is 1. The van der Waals surface area contributed by atoms with Gasteiger partial charge in [-0.15, -0.1) is 0 Å². The molecule has 1 aromatic heterocycles. The highest BCUT2D eigenvalue weighted by Gasteiger charge is 2.14. The Morgan fingerprint density at radius 3 is 2.82 bits per heavy atom. The maximum Gasteiger partial charge on any atom is 0.342 e. The standard InChI is InChI=1S/C6H7FN2O2/c1-2-9-5(7)4(3-8-9)6(10)11/h3H,2H2,1H3,(H,10,11). The van der Waals surface area contributed by atoms with Crippen LogP contribution in [-0.2, 0) is 6.54 Å². The summed E-state index contributed by atoms with van der Waals surface area (Å²) in [5.74, 6) is -2.08. The number of hydrogen-bond acceptors (Lipinski definition) is 2. The number of nitrogens with zero attached hydrogens (tertiary/aromatic N) is 2. The first-order chi connectivity index (χ1) is 5.16. The molecule has 0 saturated carbocycles. The minimum Gasteiger partial charge on any atom is -0.477 e. The normalized spacial score (nSPS) is 10.0. The van der Waals surface area contributed by atoms with Crippen LogP contribution in [-0.4, -0.2) is 20.9 Å². The number of aromatic carboxylic acids is 1. The highest BCUT2D eigenvalue weighted by atomic mass is 19.1. The smallest absolute Gasteiger partial charge is 0.342 e. The maximum atomic E-state index is 12.8. The molecule has 0 bridgehead atoms. The number of aromatic nitrogens is 2. The van der Waals surface area contributed by atoms with Gasteiger partial charge >= 0.3 is 5.97 Å². The molecule has 0 amide bonds. The summed E-state index contributed by atoms with van der Waals surface area (Å²) in [5, 5.41) is 11.9. The van der Waals surface area contributed by atoms with E-state index in [0.29, 0.717) is 6.54 Å². The van der Waals surface area contributed by atoms with Gasteiger partial charge in [-0.3, -0.25) is 0 Å². The predicted octanol–water partition coefficient (Wildman–Crippen LogP) is 0.740. The van der Waals surface area contributed by atoms with Crippen LogP contribution >= 0.6 is 0 Å². The summed E-state index contributed by atoms with van der Waals surface area (Å²) in [6.45, 7) is 2.01. The molecular formula is C6H7FN2O2. The zero-order valence-corrected chi connectivity index (χ0v) is 5.91. The van der Waals surface area contributed by atoms with Crippen LogP contribution in [0.25, 0.3) is 0 Å². The fourth-order valence-corrected chi connectivity index (χ4v) is 0.734. The molecule has 60 valence electrons. The lowest BCUT2D eigenvalue weighted by Gasteiger charge is -1.93. The molecule has 1 aromatic rings. The third-order valence-electron chi connectivity index (χ3n) is 1.31.